The van der Waals surface area contributed by atoms with Crippen LogP contribution >= 0.6 is 0 Å². The van der Waals surface area contributed by atoms with E-state index in [-0.39, 0.29) is 36.6 Å². The van der Waals surface area contributed by atoms with Crippen LogP contribution in [0.1, 0.15) is 30.3 Å². The van der Waals surface area contributed by atoms with Crippen LogP contribution in [-0.4, -0.2) is 45.5 Å². The summed E-state index contributed by atoms with van der Waals surface area (Å²) in [6, 6.07) is 2.69. The Morgan fingerprint density at radius 2 is 2.14 bits per heavy atom. The fourth-order valence-electron chi connectivity index (χ4n) is 2.14. The Kier molecular flexibility index (Phi) is 4.25. The van der Waals surface area contributed by atoms with E-state index in [1.807, 2.05) is 0 Å². The highest BCUT2D eigenvalue weighted by molar-refractivity contribution is 5.95. The molecule has 114 valence electrons. The van der Waals surface area contributed by atoms with Gasteiger partial charge in [0.15, 0.2) is 5.69 Å². The van der Waals surface area contributed by atoms with Crippen LogP contribution in [0.2, 0.25) is 0 Å². The minimum absolute atomic E-state index is 0.0101. The van der Waals surface area contributed by atoms with Crippen molar-refractivity contribution >= 4 is 17.7 Å². The number of rotatable bonds is 6. The first-order chi connectivity index (χ1) is 9.95. The molecular weight excluding hydrogens is 278 g/mol. The molecule has 1 heterocycles. The molecule has 0 unspecified atom stereocenters. The molecule has 1 fully saturated rings. The number of nitrogens with zero attached hydrogens (tertiary/aromatic N) is 3. The third-order valence-electron chi connectivity index (χ3n) is 3.35. The van der Waals surface area contributed by atoms with Crippen molar-refractivity contribution in [1.82, 2.24) is 9.47 Å². The smallest absolute Gasteiger partial charge is 0.325 e. The third kappa shape index (κ3) is 3.21. The first-order valence-electron chi connectivity index (χ1n) is 6.72. The monoisotopic (exact) mass is 295 g/mol. The predicted octanol–water partition coefficient (Wildman–Crippen LogP) is 1.10. The number of hydrogen-bond donors (Lipinski definition) is 0. The van der Waals surface area contributed by atoms with Crippen LogP contribution in [-0.2, 0) is 16.6 Å². The molecule has 1 aliphatic carbocycles. The number of amides is 1. The summed E-state index contributed by atoms with van der Waals surface area (Å²) in [6.45, 7) is 1.82. The molecule has 0 atom stereocenters. The number of aromatic nitrogens is 1. The zero-order chi connectivity index (χ0) is 15.6. The minimum Gasteiger partial charge on any atom is -0.465 e. The largest absolute Gasteiger partial charge is 0.465 e. The topological polar surface area (TPSA) is 94.7 Å². The van der Waals surface area contributed by atoms with Gasteiger partial charge in [0.25, 0.3) is 5.91 Å². The van der Waals surface area contributed by atoms with Gasteiger partial charge in [-0.05, 0) is 30.8 Å². The summed E-state index contributed by atoms with van der Waals surface area (Å²) in [5.74, 6) is -1.02. The van der Waals surface area contributed by atoms with E-state index in [2.05, 4.69) is 0 Å². The van der Waals surface area contributed by atoms with Crippen molar-refractivity contribution in [3.63, 3.8) is 0 Å². The Bertz CT molecular complexity index is 576. The van der Waals surface area contributed by atoms with Gasteiger partial charge in [-0.25, -0.2) is 4.57 Å². The van der Waals surface area contributed by atoms with Crippen LogP contribution in [0.5, 0.6) is 0 Å². The number of hydrogen-bond acceptors (Lipinski definition) is 5. The fourth-order valence-corrected chi connectivity index (χ4v) is 2.14. The first-order valence-corrected chi connectivity index (χ1v) is 6.72. The van der Waals surface area contributed by atoms with Gasteiger partial charge in [0.05, 0.1) is 13.7 Å². The molecule has 1 aromatic rings. The van der Waals surface area contributed by atoms with E-state index in [9.17, 15) is 19.7 Å². The average Bonchev–Trinajstić information content (AvgIpc) is 3.18. The molecule has 2 rings (SSSR count). The van der Waals surface area contributed by atoms with Crippen molar-refractivity contribution in [3.05, 3.63) is 27.9 Å². The summed E-state index contributed by atoms with van der Waals surface area (Å²) < 4.78 is 6.09. The van der Waals surface area contributed by atoms with Gasteiger partial charge in [-0.2, -0.15) is 0 Å². The summed E-state index contributed by atoms with van der Waals surface area (Å²) >= 11 is 0. The van der Waals surface area contributed by atoms with E-state index in [0.717, 1.165) is 12.8 Å². The Morgan fingerprint density at radius 1 is 1.48 bits per heavy atom. The second-order valence-corrected chi connectivity index (χ2v) is 4.86. The van der Waals surface area contributed by atoms with E-state index < -0.39 is 10.9 Å². The summed E-state index contributed by atoms with van der Waals surface area (Å²) in [7, 11) is 1.46. The van der Waals surface area contributed by atoms with Crippen molar-refractivity contribution in [2.75, 3.05) is 13.2 Å². The van der Waals surface area contributed by atoms with Gasteiger partial charge < -0.3 is 19.8 Å². The molecule has 0 saturated heterocycles. The van der Waals surface area contributed by atoms with Crippen LogP contribution in [0.4, 0.5) is 5.82 Å². The molecular formula is C13H17N3O5. The van der Waals surface area contributed by atoms with Crippen LogP contribution in [0.25, 0.3) is 0 Å². The second kappa shape index (κ2) is 5.94. The molecule has 21 heavy (non-hydrogen) atoms. The molecule has 1 saturated carbocycles. The van der Waals surface area contributed by atoms with Crippen molar-refractivity contribution in [2.45, 2.75) is 25.8 Å². The SMILES string of the molecule is CCOC(=O)CN(C(=O)c1ccc([N+](=O)[O-])n1C)C1CC1. The lowest BCUT2D eigenvalue weighted by Gasteiger charge is -2.20. The maximum Gasteiger partial charge on any atom is 0.325 e. The summed E-state index contributed by atoms with van der Waals surface area (Å²) in [4.78, 5) is 35.8. The standard InChI is InChI=1S/C13H17N3O5/c1-3-21-12(17)8-15(9-4-5-9)13(18)10-6-7-11(14(10)2)16(19)20/h6-7,9H,3-5,8H2,1-2H3. The number of ether oxygens (including phenoxy) is 1. The molecule has 8 nitrogen and oxygen atoms in total. The molecule has 0 N–H and O–H groups in total. The summed E-state index contributed by atoms with van der Waals surface area (Å²) in [5, 5.41) is 10.8. The van der Waals surface area contributed by atoms with E-state index in [1.165, 1.54) is 28.6 Å². The molecule has 1 aromatic heterocycles. The Hall–Kier alpha value is -2.38. The van der Waals surface area contributed by atoms with Gasteiger partial charge >= 0.3 is 11.8 Å². The fraction of sp³-hybridized carbons (Fsp3) is 0.538. The van der Waals surface area contributed by atoms with E-state index in [0.29, 0.717) is 0 Å². The summed E-state index contributed by atoms with van der Waals surface area (Å²) in [5.41, 5.74) is 0.192. The molecule has 0 bridgehead atoms. The van der Waals surface area contributed by atoms with Crippen LogP contribution < -0.4 is 0 Å². The lowest BCUT2D eigenvalue weighted by molar-refractivity contribution is -0.391. The number of carbonyl (C=O) groups is 2. The van der Waals surface area contributed by atoms with Crippen molar-refractivity contribution in [2.24, 2.45) is 7.05 Å². The first kappa shape index (κ1) is 15.0. The van der Waals surface area contributed by atoms with Gasteiger partial charge in [-0.3, -0.25) is 9.59 Å². The van der Waals surface area contributed by atoms with Gasteiger partial charge in [0.1, 0.15) is 6.54 Å². The normalized spacial score (nSPS) is 13.8. The molecule has 0 aromatic carbocycles. The quantitative estimate of drug-likeness (QED) is 0.445. The lowest BCUT2D eigenvalue weighted by atomic mass is 10.3. The van der Waals surface area contributed by atoms with Crippen molar-refractivity contribution in [1.29, 1.82) is 0 Å². The van der Waals surface area contributed by atoms with Gasteiger partial charge in [-0.15, -0.1) is 0 Å². The zero-order valence-electron chi connectivity index (χ0n) is 11.9. The predicted molar refractivity (Wildman–Crippen MR) is 72.8 cm³/mol. The molecule has 8 heteroatoms. The highest BCUT2D eigenvalue weighted by Crippen LogP contribution is 2.29. The number of esters is 1. The highest BCUT2D eigenvalue weighted by Gasteiger charge is 2.37. The number of nitro groups is 1. The third-order valence-corrected chi connectivity index (χ3v) is 3.35. The zero-order valence-corrected chi connectivity index (χ0v) is 11.9. The minimum atomic E-state index is -0.552. The highest BCUT2D eigenvalue weighted by atomic mass is 16.6. The van der Waals surface area contributed by atoms with Crippen molar-refractivity contribution < 1.29 is 19.2 Å². The molecule has 0 radical (unpaired) electrons. The van der Waals surface area contributed by atoms with Crippen LogP contribution in [0.15, 0.2) is 12.1 Å². The maximum absolute atomic E-state index is 12.5. The van der Waals surface area contributed by atoms with Gasteiger partial charge in [-0.1, -0.05) is 0 Å². The van der Waals surface area contributed by atoms with E-state index in [1.54, 1.807) is 6.92 Å². The van der Waals surface area contributed by atoms with Gasteiger partial charge in [0, 0.05) is 12.1 Å². The molecule has 0 aliphatic heterocycles. The van der Waals surface area contributed by atoms with E-state index >= 15 is 0 Å². The Labute approximate surface area is 121 Å². The lowest BCUT2D eigenvalue weighted by Crippen LogP contribution is -2.39. The van der Waals surface area contributed by atoms with Gasteiger partial charge in [0.2, 0.25) is 0 Å². The Balaban J connectivity index is 2.19. The molecule has 1 amide bonds. The maximum atomic E-state index is 12.5. The molecule has 1 aliphatic rings. The second-order valence-electron chi connectivity index (χ2n) is 4.86. The van der Waals surface area contributed by atoms with Crippen molar-refractivity contribution in [3.8, 4) is 0 Å². The van der Waals surface area contributed by atoms with Crippen LogP contribution in [0, 0.1) is 10.1 Å². The van der Waals surface area contributed by atoms with Crippen LogP contribution in [0.3, 0.4) is 0 Å². The van der Waals surface area contributed by atoms with E-state index in [4.69, 9.17) is 4.74 Å². The number of carbonyl (C=O) groups excluding carboxylic acids is 2. The average molecular weight is 295 g/mol. The molecule has 0 spiro atoms. The Morgan fingerprint density at radius 3 is 2.62 bits per heavy atom. The summed E-state index contributed by atoms with van der Waals surface area (Å²) in [6.07, 6.45) is 1.66.